The quantitative estimate of drug-likeness (QED) is 0.715. The molecule has 1 fully saturated rings. The molecule has 1 saturated heterocycles. The number of nitrogens with one attached hydrogen (secondary N) is 1. The first-order valence-electron chi connectivity index (χ1n) is 9.17. The molecule has 0 radical (unpaired) electrons. The molecule has 0 bridgehead atoms. The maximum atomic E-state index is 6.42. The molecule has 0 amide bonds. The van der Waals surface area contributed by atoms with Gasteiger partial charge in [0, 0.05) is 13.1 Å². The van der Waals surface area contributed by atoms with Gasteiger partial charge < -0.3 is 20.9 Å². The van der Waals surface area contributed by atoms with Gasteiger partial charge in [-0.15, -0.1) is 0 Å². The number of nitrogens with zero attached hydrogens (tertiary/aromatic N) is 5. The lowest BCUT2D eigenvalue weighted by Gasteiger charge is -2.36. The molecule has 8 heteroatoms. The summed E-state index contributed by atoms with van der Waals surface area (Å²) in [6.45, 7) is 4.27. The summed E-state index contributed by atoms with van der Waals surface area (Å²) in [5.41, 5.74) is 9.19. The second-order valence-electron chi connectivity index (χ2n) is 7.22. The van der Waals surface area contributed by atoms with Crippen LogP contribution in [0.3, 0.4) is 0 Å². The summed E-state index contributed by atoms with van der Waals surface area (Å²) >= 11 is 1.60. The molecule has 0 unspecified atom stereocenters. The van der Waals surface area contributed by atoms with Crippen LogP contribution in [0, 0.1) is 6.92 Å². The highest BCUT2D eigenvalue weighted by Gasteiger charge is 2.24. The Labute approximate surface area is 163 Å². The number of fused-ring (bicyclic) bond motifs is 1. The summed E-state index contributed by atoms with van der Waals surface area (Å²) in [7, 11) is 4.23. The zero-order valence-electron chi connectivity index (χ0n) is 15.9. The number of anilines is 4. The van der Waals surface area contributed by atoms with Crippen LogP contribution in [-0.2, 0) is 0 Å². The van der Waals surface area contributed by atoms with Crippen LogP contribution >= 0.6 is 11.3 Å². The lowest BCUT2D eigenvalue weighted by Crippen LogP contribution is -2.42. The number of rotatable bonds is 4. The van der Waals surface area contributed by atoms with Crippen LogP contribution in [0.2, 0.25) is 0 Å². The number of likely N-dealkylation sites (tertiary alicyclic amines) is 1. The molecular weight excluding hydrogens is 358 g/mol. The molecule has 3 N–H and O–H groups in total. The van der Waals surface area contributed by atoms with E-state index in [2.05, 4.69) is 63.2 Å². The number of piperidine rings is 1. The number of benzene rings is 1. The van der Waals surface area contributed by atoms with Crippen molar-refractivity contribution in [3.63, 3.8) is 0 Å². The van der Waals surface area contributed by atoms with E-state index in [1.165, 1.54) is 5.56 Å². The van der Waals surface area contributed by atoms with Gasteiger partial charge in [-0.05, 0) is 57.6 Å². The van der Waals surface area contributed by atoms with Crippen LogP contribution in [0.25, 0.3) is 10.2 Å². The molecule has 0 spiro atoms. The standard InChI is InChI=1S/C19H25N7S/c1-12-4-5-14-15(10-12)27-19(23-14)24-17-16(20)18(22-11-21-17)26(3)13-6-8-25(2)9-7-13/h4-5,10-11,13H,6-9,20H2,1-3H3,(H,21,22,23,24). The number of hydrogen-bond donors (Lipinski definition) is 2. The lowest BCUT2D eigenvalue weighted by molar-refractivity contribution is 0.252. The summed E-state index contributed by atoms with van der Waals surface area (Å²) in [6, 6.07) is 6.69. The number of aromatic nitrogens is 3. The Morgan fingerprint density at radius 1 is 1.26 bits per heavy atom. The van der Waals surface area contributed by atoms with E-state index in [-0.39, 0.29) is 0 Å². The molecule has 0 atom stereocenters. The van der Waals surface area contributed by atoms with Crippen LogP contribution in [0.5, 0.6) is 0 Å². The van der Waals surface area contributed by atoms with Gasteiger partial charge in [0.2, 0.25) is 0 Å². The minimum Gasteiger partial charge on any atom is -0.393 e. The topological polar surface area (TPSA) is 83.2 Å². The third-order valence-electron chi connectivity index (χ3n) is 5.20. The van der Waals surface area contributed by atoms with E-state index < -0.39 is 0 Å². The second kappa shape index (κ2) is 7.28. The van der Waals surface area contributed by atoms with E-state index in [1.54, 1.807) is 17.7 Å². The lowest BCUT2D eigenvalue weighted by atomic mass is 10.0. The van der Waals surface area contributed by atoms with E-state index in [0.717, 1.165) is 47.1 Å². The van der Waals surface area contributed by atoms with Gasteiger partial charge >= 0.3 is 0 Å². The minimum absolute atomic E-state index is 0.441. The van der Waals surface area contributed by atoms with E-state index >= 15 is 0 Å². The molecule has 1 aromatic carbocycles. The molecule has 27 heavy (non-hydrogen) atoms. The molecular formula is C19H25N7S. The Bertz CT molecular complexity index is 946. The van der Waals surface area contributed by atoms with E-state index in [0.29, 0.717) is 17.5 Å². The maximum Gasteiger partial charge on any atom is 0.189 e. The first-order chi connectivity index (χ1) is 13.0. The van der Waals surface area contributed by atoms with Crippen molar-refractivity contribution in [3.05, 3.63) is 30.1 Å². The van der Waals surface area contributed by atoms with Gasteiger partial charge in [0.25, 0.3) is 0 Å². The summed E-state index contributed by atoms with van der Waals surface area (Å²) in [5, 5.41) is 4.07. The molecule has 0 saturated carbocycles. The largest absolute Gasteiger partial charge is 0.393 e. The van der Waals surface area contributed by atoms with Gasteiger partial charge in [0.15, 0.2) is 16.8 Å². The minimum atomic E-state index is 0.441. The third kappa shape index (κ3) is 3.68. The monoisotopic (exact) mass is 383 g/mol. The van der Waals surface area contributed by atoms with Crippen molar-refractivity contribution in [2.45, 2.75) is 25.8 Å². The highest BCUT2D eigenvalue weighted by Crippen LogP contribution is 2.33. The molecule has 7 nitrogen and oxygen atoms in total. The summed E-state index contributed by atoms with van der Waals surface area (Å²) in [6.07, 6.45) is 3.78. The van der Waals surface area contributed by atoms with E-state index in [4.69, 9.17) is 5.73 Å². The Balaban J connectivity index is 1.57. The van der Waals surface area contributed by atoms with Crippen molar-refractivity contribution in [1.82, 2.24) is 19.9 Å². The van der Waals surface area contributed by atoms with Crippen LogP contribution in [0.1, 0.15) is 18.4 Å². The molecule has 3 heterocycles. The van der Waals surface area contributed by atoms with Crippen LogP contribution in [-0.4, -0.2) is 53.1 Å². The number of nitrogen functional groups attached to an aromatic ring is 1. The number of aryl methyl sites for hydroxylation is 1. The summed E-state index contributed by atoms with van der Waals surface area (Å²) < 4.78 is 1.15. The van der Waals surface area contributed by atoms with Crippen molar-refractivity contribution in [3.8, 4) is 0 Å². The zero-order chi connectivity index (χ0) is 19.0. The fourth-order valence-corrected chi connectivity index (χ4v) is 4.47. The Morgan fingerprint density at radius 2 is 2.04 bits per heavy atom. The molecule has 4 rings (SSSR count). The van der Waals surface area contributed by atoms with E-state index in [9.17, 15) is 0 Å². The van der Waals surface area contributed by atoms with Crippen molar-refractivity contribution in [1.29, 1.82) is 0 Å². The summed E-state index contributed by atoms with van der Waals surface area (Å²) in [5.74, 6) is 1.38. The van der Waals surface area contributed by atoms with Gasteiger partial charge in [-0.1, -0.05) is 17.4 Å². The molecule has 142 valence electrons. The van der Waals surface area contributed by atoms with Crippen molar-refractivity contribution in [2.75, 3.05) is 43.1 Å². The fourth-order valence-electron chi connectivity index (χ4n) is 3.51. The normalized spacial score (nSPS) is 16.0. The van der Waals surface area contributed by atoms with Crippen molar-refractivity contribution in [2.24, 2.45) is 0 Å². The molecule has 1 aliphatic rings. The first kappa shape index (κ1) is 17.9. The van der Waals surface area contributed by atoms with Crippen LogP contribution < -0.4 is 16.0 Å². The second-order valence-corrected chi connectivity index (χ2v) is 8.25. The fraction of sp³-hybridized carbons (Fsp3) is 0.421. The molecule has 0 aliphatic carbocycles. The smallest absolute Gasteiger partial charge is 0.189 e. The van der Waals surface area contributed by atoms with Gasteiger partial charge in [0.1, 0.15) is 12.0 Å². The Kier molecular flexibility index (Phi) is 4.84. The highest BCUT2D eigenvalue weighted by atomic mass is 32.1. The SMILES string of the molecule is Cc1ccc2nc(Nc3ncnc(N(C)C4CCN(C)CC4)c3N)sc2c1. The average Bonchev–Trinajstić information content (AvgIpc) is 3.05. The van der Waals surface area contributed by atoms with Gasteiger partial charge in [-0.3, -0.25) is 0 Å². The number of nitrogens with two attached hydrogens (primary N) is 1. The average molecular weight is 384 g/mol. The summed E-state index contributed by atoms with van der Waals surface area (Å²) in [4.78, 5) is 18.0. The Hall–Kier alpha value is -2.45. The van der Waals surface area contributed by atoms with Crippen LogP contribution in [0.4, 0.5) is 22.5 Å². The number of thiazole rings is 1. The molecule has 1 aliphatic heterocycles. The van der Waals surface area contributed by atoms with Crippen molar-refractivity contribution < 1.29 is 0 Å². The predicted octanol–water partition coefficient (Wildman–Crippen LogP) is 3.25. The highest BCUT2D eigenvalue weighted by molar-refractivity contribution is 7.22. The van der Waals surface area contributed by atoms with E-state index in [1.807, 2.05) is 6.07 Å². The molecule has 2 aromatic heterocycles. The van der Waals surface area contributed by atoms with Crippen molar-refractivity contribution >= 4 is 44.0 Å². The number of hydrogen-bond acceptors (Lipinski definition) is 8. The first-order valence-corrected chi connectivity index (χ1v) is 9.99. The predicted molar refractivity (Wildman–Crippen MR) is 113 cm³/mol. The third-order valence-corrected chi connectivity index (χ3v) is 6.14. The van der Waals surface area contributed by atoms with Gasteiger partial charge in [-0.2, -0.15) is 0 Å². The maximum absolute atomic E-state index is 6.42. The van der Waals surface area contributed by atoms with Gasteiger partial charge in [0.05, 0.1) is 10.2 Å². The van der Waals surface area contributed by atoms with Gasteiger partial charge in [-0.25, -0.2) is 15.0 Å². The van der Waals surface area contributed by atoms with Crippen LogP contribution in [0.15, 0.2) is 24.5 Å². The molecule has 3 aromatic rings. The zero-order valence-corrected chi connectivity index (χ0v) is 16.8. The Morgan fingerprint density at radius 3 is 2.81 bits per heavy atom.